The average Bonchev–Trinajstić information content (AvgIpc) is 2.59. The van der Waals surface area contributed by atoms with Crippen LogP contribution in [0.1, 0.15) is 6.42 Å². The van der Waals surface area contributed by atoms with E-state index in [9.17, 15) is 31.2 Å². The summed E-state index contributed by atoms with van der Waals surface area (Å²) in [5, 5.41) is 10.9. The van der Waals surface area contributed by atoms with E-state index in [0.29, 0.717) is 12.1 Å². The molecule has 2 rings (SSSR count). The number of amides is 2. The molecular weight excluding hydrogens is 379 g/mol. The first-order chi connectivity index (χ1) is 12.1. The van der Waals surface area contributed by atoms with Crippen molar-refractivity contribution in [1.29, 1.82) is 0 Å². The molecule has 0 unspecified atom stereocenters. The summed E-state index contributed by atoms with van der Waals surface area (Å²) in [4.78, 5) is 22.5. The number of rotatable bonds is 5. The molecule has 1 aliphatic heterocycles. The molecule has 0 aliphatic carbocycles. The SMILES string of the molecule is O=C(O)CCNC(=O)N1CCN(S(=O)(=O)c2ccc(F)c(F)c2F)CC1. The Kier molecular flexibility index (Phi) is 6.08. The lowest BCUT2D eigenvalue weighted by atomic mass is 10.3. The summed E-state index contributed by atoms with van der Waals surface area (Å²) in [5.41, 5.74) is 0. The van der Waals surface area contributed by atoms with E-state index in [2.05, 4.69) is 5.32 Å². The quantitative estimate of drug-likeness (QED) is 0.710. The second kappa shape index (κ2) is 7.91. The topological polar surface area (TPSA) is 107 Å². The van der Waals surface area contributed by atoms with Crippen molar-refractivity contribution in [3.63, 3.8) is 0 Å². The molecule has 0 atom stereocenters. The Balaban J connectivity index is 2.02. The Morgan fingerprint density at radius 3 is 2.27 bits per heavy atom. The molecule has 12 heteroatoms. The number of hydrogen-bond donors (Lipinski definition) is 2. The summed E-state index contributed by atoms with van der Waals surface area (Å²) in [5.74, 6) is -6.24. The number of carboxylic acids is 1. The van der Waals surface area contributed by atoms with Gasteiger partial charge in [0.1, 0.15) is 4.90 Å². The third-order valence-electron chi connectivity index (χ3n) is 3.76. The normalized spacial score (nSPS) is 15.7. The number of urea groups is 1. The average molecular weight is 395 g/mol. The summed E-state index contributed by atoms with van der Waals surface area (Å²) in [6.45, 7) is -0.472. The first kappa shape index (κ1) is 20.0. The minimum atomic E-state index is -4.39. The fraction of sp³-hybridized carbons (Fsp3) is 0.429. The van der Waals surface area contributed by atoms with Gasteiger partial charge >= 0.3 is 12.0 Å². The first-order valence-electron chi connectivity index (χ1n) is 7.53. The molecule has 2 N–H and O–H groups in total. The lowest BCUT2D eigenvalue weighted by Crippen LogP contribution is -2.53. The number of nitrogens with one attached hydrogen (secondary N) is 1. The van der Waals surface area contributed by atoms with E-state index in [0.717, 1.165) is 4.31 Å². The smallest absolute Gasteiger partial charge is 0.317 e. The van der Waals surface area contributed by atoms with Crippen LogP contribution >= 0.6 is 0 Å². The van der Waals surface area contributed by atoms with Crippen molar-refractivity contribution in [2.24, 2.45) is 0 Å². The molecule has 2 amide bonds. The number of benzene rings is 1. The van der Waals surface area contributed by atoms with Crippen molar-refractivity contribution in [3.05, 3.63) is 29.6 Å². The van der Waals surface area contributed by atoms with Crippen molar-refractivity contribution in [2.45, 2.75) is 11.3 Å². The second-order valence-corrected chi connectivity index (χ2v) is 7.35. The molecule has 1 aromatic rings. The summed E-state index contributed by atoms with van der Waals surface area (Å²) in [6.07, 6.45) is -0.254. The van der Waals surface area contributed by atoms with Gasteiger partial charge in [0.25, 0.3) is 0 Å². The predicted octanol–water partition coefficient (Wildman–Crippen LogP) is 0.595. The molecule has 1 aromatic carbocycles. The lowest BCUT2D eigenvalue weighted by Gasteiger charge is -2.34. The fourth-order valence-corrected chi connectivity index (χ4v) is 3.84. The molecule has 0 aromatic heterocycles. The lowest BCUT2D eigenvalue weighted by molar-refractivity contribution is -0.136. The summed E-state index contributed by atoms with van der Waals surface area (Å²) in [6, 6.07) is 0.619. The minimum Gasteiger partial charge on any atom is -0.481 e. The van der Waals surface area contributed by atoms with Crippen molar-refractivity contribution in [1.82, 2.24) is 14.5 Å². The van der Waals surface area contributed by atoms with Gasteiger partial charge in [0.05, 0.1) is 6.42 Å². The highest BCUT2D eigenvalue weighted by Gasteiger charge is 2.33. The van der Waals surface area contributed by atoms with Gasteiger partial charge in [0.15, 0.2) is 17.5 Å². The zero-order chi connectivity index (χ0) is 19.5. The van der Waals surface area contributed by atoms with Crippen LogP contribution in [0.15, 0.2) is 17.0 Å². The Bertz CT molecular complexity index is 810. The number of carbonyl (C=O) groups is 2. The van der Waals surface area contributed by atoms with Gasteiger partial charge in [-0.05, 0) is 12.1 Å². The van der Waals surface area contributed by atoms with Gasteiger partial charge in [-0.1, -0.05) is 0 Å². The van der Waals surface area contributed by atoms with Crippen molar-refractivity contribution in [3.8, 4) is 0 Å². The van der Waals surface area contributed by atoms with E-state index in [1.54, 1.807) is 0 Å². The minimum absolute atomic E-state index is 0.0244. The van der Waals surface area contributed by atoms with Gasteiger partial charge in [-0.15, -0.1) is 0 Å². The van der Waals surface area contributed by atoms with Gasteiger partial charge in [0, 0.05) is 32.7 Å². The summed E-state index contributed by atoms with van der Waals surface area (Å²) >= 11 is 0. The molecule has 1 saturated heterocycles. The van der Waals surface area contributed by atoms with Gasteiger partial charge in [-0.25, -0.2) is 26.4 Å². The van der Waals surface area contributed by atoms with Gasteiger partial charge in [-0.3, -0.25) is 4.79 Å². The van der Waals surface area contributed by atoms with Crippen LogP contribution in [-0.4, -0.2) is 67.5 Å². The fourth-order valence-electron chi connectivity index (χ4n) is 2.37. The largest absolute Gasteiger partial charge is 0.481 e. The number of carbonyl (C=O) groups excluding carboxylic acids is 1. The predicted molar refractivity (Wildman–Crippen MR) is 82.3 cm³/mol. The van der Waals surface area contributed by atoms with Crippen LogP contribution in [0.2, 0.25) is 0 Å². The number of sulfonamides is 1. The van der Waals surface area contributed by atoms with Crippen LogP contribution in [0.5, 0.6) is 0 Å². The number of aliphatic carboxylic acids is 1. The number of halogens is 3. The molecule has 144 valence electrons. The number of nitrogens with zero attached hydrogens (tertiary/aromatic N) is 2. The van der Waals surface area contributed by atoms with Crippen LogP contribution in [0.3, 0.4) is 0 Å². The molecule has 1 aliphatic rings. The molecule has 0 radical (unpaired) electrons. The molecule has 0 spiro atoms. The van der Waals surface area contributed by atoms with Crippen molar-refractivity contribution in [2.75, 3.05) is 32.7 Å². The zero-order valence-electron chi connectivity index (χ0n) is 13.4. The van der Waals surface area contributed by atoms with E-state index in [4.69, 9.17) is 5.11 Å². The van der Waals surface area contributed by atoms with Crippen molar-refractivity contribution >= 4 is 22.0 Å². The molecule has 26 heavy (non-hydrogen) atoms. The van der Waals surface area contributed by atoms with Crippen LogP contribution in [0.4, 0.5) is 18.0 Å². The molecule has 8 nitrogen and oxygen atoms in total. The van der Waals surface area contributed by atoms with Crippen LogP contribution in [0, 0.1) is 17.5 Å². The van der Waals surface area contributed by atoms with Crippen LogP contribution < -0.4 is 5.32 Å². The number of hydrogen-bond acceptors (Lipinski definition) is 4. The van der Waals surface area contributed by atoms with Crippen molar-refractivity contribution < 1.29 is 36.3 Å². The molecular formula is C14H16F3N3O5S. The Hall–Kier alpha value is -2.34. The Morgan fingerprint density at radius 1 is 1.08 bits per heavy atom. The standard InChI is InChI=1S/C14H16F3N3O5S/c15-9-1-2-10(13(17)12(9)16)26(24,25)20-7-5-19(6-8-20)14(23)18-4-3-11(21)22/h1-2H,3-8H2,(H,18,23)(H,21,22). The summed E-state index contributed by atoms with van der Waals surface area (Å²) < 4.78 is 65.7. The molecule has 0 saturated carbocycles. The van der Waals surface area contributed by atoms with Gasteiger partial charge in [0.2, 0.25) is 10.0 Å². The third-order valence-corrected chi connectivity index (χ3v) is 5.67. The zero-order valence-corrected chi connectivity index (χ0v) is 14.2. The number of piperazine rings is 1. The number of carboxylic acid groups (broad SMARTS) is 1. The monoisotopic (exact) mass is 395 g/mol. The van der Waals surface area contributed by atoms with E-state index in [1.165, 1.54) is 4.90 Å². The molecule has 0 bridgehead atoms. The van der Waals surface area contributed by atoms with Crippen LogP contribution in [0.25, 0.3) is 0 Å². The maximum Gasteiger partial charge on any atom is 0.317 e. The molecule has 1 heterocycles. The van der Waals surface area contributed by atoms with Gasteiger partial charge < -0.3 is 15.3 Å². The maximum absolute atomic E-state index is 13.8. The van der Waals surface area contributed by atoms with Crippen LogP contribution in [-0.2, 0) is 14.8 Å². The highest BCUT2D eigenvalue weighted by Crippen LogP contribution is 2.23. The van der Waals surface area contributed by atoms with E-state index >= 15 is 0 Å². The second-order valence-electron chi connectivity index (χ2n) is 5.44. The van der Waals surface area contributed by atoms with E-state index < -0.39 is 44.4 Å². The third kappa shape index (κ3) is 4.25. The Morgan fingerprint density at radius 2 is 1.69 bits per heavy atom. The Labute approximate surface area is 147 Å². The first-order valence-corrected chi connectivity index (χ1v) is 8.97. The van der Waals surface area contributed by atoms with Gasteiger partial charge in [-0.2, -0.15) is 4.31 Å². The maximum atomic E-state index is 13.8. The summed E-state index contributed by atoms with van der Waals surface area (Å²) in [7, 11) is -4.39. The highest BCUT2D eigenvalue weighted by atomic mass is 32.2. The molecule has 1 fully saturated rings. The highest BCUT2D eigenvalue weighted by molar-refractivity contribution is 7.89. The van der Waals surface area contributed by atoms with E-state index in [1.807, 2.05) is 0 Å². The van der Waals surface area contributed by atoms with E-state index in [-0.39, 0.29) is 39.1 Å².